The van der Waals surface area contributed by atoms with E-state index in [9.17, 15) is 0 Å². The van der Waals surface area contributed by atoms with Crippen molar-refractivity contribution in [3.05, 3.63) is 51.2 Å². The Hall–Kier alpha value is -1.03. The third-order valence-corrected chi connectivity index (χ3v) is 3.93. The molecule has 1 heterocycles. The molecule has 0 aliphatic rings. The van der Waals surface area contributed by atoms with Gasteiger partial charge in [0.05, 0.1) is 4.34 Å². The lowest BCUT2D eigenvalue weighted by Gasteiger charge is -2.21. The molecule has 4 heteroatoms. The van der Waals surface area contributed by atoms with Crippen LogP contribution in [0, 0.1) is 6.92 Å². The van der Waals surface area contributed by atoms with Gasteiger partial charge < -0.3 is 10.5 Å². The summed E-state index contributed by atoms with van der Waals surface area (Å²) in [6.07, 6.45) is -0.162. The Kier molecular flexibility index (Phi) is 4.27. The Morgan fingerprint density at radius 2 is 1.83 bits per heavy atom. The van der Waals surface area contributed by atoms with E-state index in [4.69, 9.17) is 22.1 Å². The molecule has 0 saturated carbocycles. The molecule has 1 aromatic heterocycles. The predicted molar refractivity (Wildman–Crippen MR) is 77.5 cm³/mol. The number of ether oxygens (including phenoxy) is 1. The van der Waals surface area contributed by atoms with Gasteiger partial charge >= 0.3 is 0 Å². The van der Waals surface area contributed by atoms with Crippen LogP contribution >= 0.6 is 22.9 Å². The molecule has 2 N–H and O–H groups in total. The maximum absolute atomic E-state index is 5.99. The number of thiophene rings is 1. The molecular weight excluding hydrogens is 266 g/mol. The van der Waals surface area contributed by atoms with Crippen LogP contribution in [0.3, 0.4) is 0 Å². The number of rotatable bonds is 4. The minimum absolute atomic E-state index is 0.0963. The van der Waals surface area contributed by atoms with E-state index in [0.29, 0.717) is 0 Å². The fraction of sp³-hybridized carbons (Fsp3) is 0.286. The zero-order chi connectivity index (χ0) is 13.1. The first kappa shape index (κ1) is 13.4. The van der Waals surface area contributed by atoms with Crippen molar-refractivity contribution in [1.29, 1.82) is 0 Å². The second-order valence-corrected chi connectivity index (χ2v) is 6.10. The molecule has 2 nitrogen and oxygen atoms in total. The van der Waals surface area contributed by atoms with Crippen molar-refractivity contribution in [3.8, 4) is 5.75 Å². The number of hydrogen-bond donors (Lipinski definition) is 1. The van der Waals surface area contributed by atoms with Crippen LogP contribution in [0.2, 0.25) is 4.34 Å². The number of halogens is 1. The molecule has 0 amide bonds. The topological polar surface area (TPSA) is 35.2 Å². The molecule has 2 atom stereocenters. The Morgan fingerprint density at radius 3 is 2.33 bits per heavy atom. The third kappa shape index (κ3) is 3.25. The van der Waals surface area contributed by atoms with Gasteiger partial charge in [0, 0.05) is 10.9 Å². The van der Waals surface area contributed by atoms with E-state index in [0.717, 1.165) is 15.0 Å². The molecule has 96 valence electrons. The second-order valence-electron chi connectivity index (χ2n) is 4.35. The Bertz CT molecular complexity index is 507. The number of nitrogens with two attached hydrogens (primary N) is 1. The standard InChI is InChI=1S/C14H16ClNOS/c1-9-3-5-11(6-4-9)17-14(10(2)16)12-7-8-13(15)18-12/h3-8,10,14H,16H2,1-2H3. The van der Waals surface area contributed by atoms with E-state index < -0.39 is 0 Å². The molecule has 2 rings (SSSR count). The summed E-state index contributed by atoms with van der Waals surface area (Å²) in [5.74, 6) is 0.826. The molecule has 0 fully saturated rings. The lowest BCUT2D eigenvalue weighted by molar-refractivity contribution is 0.184. The van der Waals surface area contributed by atoms with E-state index in [-0.39, 0.29) is 12.1 Å². The summed E-state index contributed by atoms with van der Waals surface area (Å²) in [6, 6.07) is 11.7. The van der Waals surface area contributed by atoms with Gasteiger partial charge in [0.25, 0.3) is 0 Å². The van der Waals surface area contributed by atoms with Crippen LogP contribution in [-0.4, -0.2) is 6.04 Å². The molecule has 0 aliphatic heterocycles. The molecule has 0 spiro atoms. The van der Waals surface area contributed by atoms with Crippen LogP contribution in [0.4, 0.5) is 0 Å². The minimum Gasteiger partial charge on any atom is -0.483 e. The summed E-state index contributed by atoms with van der Waals surface area (Å²) in [4.78, 5) is 1.05. The van der Waals surface area contributed by atoms with Gasteiger partial charge in [0.15, 0.2) is 0 Å². The van der Waals surface area contributed by atoms with Gasteiger partial charge in [-0.1, -0.05) is 29.3 Å². The highest BCUT2D eigenvalue weighted by molar-refractivity contribution is 7.16. The fourth-order valence-corrected chi connectivity index (χ4v) is 2.88. The predicted octanol–water partition coefficient (Wildman–Crippen LogP) is 4.18. The van der Waals surface area contributed by atoms with Crippen LogP contribution in [0.1, 0.15) is 23.5 Å². The quantitative estimate of drug-likeness (QED) is 0.912. The van der Waals surface area contributed by atoms with Crippen molar-refractivity contribution < 1.29 is 4.74 Å². The van der Waals surface area contributed by atoms with Crippen LogP contribution in [-0.2, 0) is 0 Å². The van der Waals surface area contributed by atoms with E-state index in [2.05, 4.69) is 0 Å². The van der Waals surface area contributed by atoms with E-state index in [1.807, 2.05) is 50.2 Å². The smallest absolute Gasteiger partial charge is 0.148 e. The molecule has 0 radical (unpaired) electrons. The van der Waals surface area contributed by atoms with Gasteiger partial charge in [-0.05, 0) is 38.1 Å². The van der Waals surface area contributed by atoms with E-state index in [1.165, 1.54) is 16.9 Å². The van der Waals surface area contributed by atoms with Crippen molar-refractivity contribution in [2.24, 2.45) is 5.73 Å². The number of benzene rings is 1. The normalized spacial score (nSPS) is 14.2. The van der Waals surface area contributed by atoms with E-state index in [1.54, 1.807) is 0 Å². The Labute approximate surface area is 116 Å². The van der Waals surface area contributed by atoms with Crippen LogP contribution in [0.15, 0.2) is 36.4 Å². The van der Waals surface area contributed by atoms with Crippen molar-refractivity contribution in [2.75, 3.05) is 0 Å². The maximum Gasteiger partial charge on any atom is 0.148 e. The molecule has 2 unspecified atom stereocenters. The highest BCUT2D eigenvalue weighted by Gasteiger charge is 2.20. The Balaban J connectivity index is 2.19. The summed E-state index contributed by atoms with van der Waals surface area (Å²) < 4.78 is 6.71. The zero-order valence-corrected chi connectivity index (χ0v) is 12.0. The molecule has 18 heavy (non-hydrogen) atoms. The van der Waals surface area contributed by atoms with Gasteiger partial charge in [0.1, 0.15) is 11.9 Å². The monoisotopic (exact) mass is 281 g/mol. The SMILES string of the molecule is Cc1ccc(OC(c2ccc(Cl)s2)C(C)N)cc1. The van der Waals surface area contributed by atoms with Crippen LogP contribution in [0.5, 0.6) is 5.75 Å². The first-order chi connectivity index (χ1) is 8.56. The van der Waals surface area contributed by atoms with Crippen molar-refractivity contribution in [2.45, 2.75) is 26.0 Å². The second kappa shape index (κ2) is 5.74. The van der Waals surface area contributed by atoms with Crippen LogP contribution in [0.25, 0.3) is 0 Å². The number of aryl methyl sites for hydroxylation is 1. The summed E-state index contributed by atoms with van der Waals surface area (Å²) >= 11 is 7.46. The highest BCUT2D eigenvalue weighted by atomic mass is 35.5. The van der Waals surface area contributed by atoms with Crippen molar-refractivity contribution >= 4 is 22.9 Å². The summed E-state index contributed by atoms with van der Waals surface area (Å²) in [5.41, 5.74) is 7.20. The zero-order valence-electron chi connectivity index (χ0n) is 10.4. The van der Waals surface area contributed by atoms with Crippen molar-refractivity contribution in [1.82, 2.24) is 0 Å². The van der Waals surface area contributed by atoms with Gasteiger partial charge in [-0.15, -0.1) is 11.3 Å². The lowest BCUT2D eigenvalue weighted by atomic mass is 10.1. The molecule has 0 aliphatic carbocycles. The molecular formula is C14H16ClNOS. The number of hydrogen-bond acceptors (Lipinski definition) is 3. The first-order valence-corrected chi connectivity index (χ1v) is 7.00. The van der Waals surface area contributed by atoms with Gasteiger partial charge in [-0.3, -0.25) is 0 Å². The molecule has 2 aromatic rings. The van der Waals surface area contributed by atoms with Crippen LogP contribution < -0.4 is 10.5 Å². The Morgan fingerprint density at radius 1 is 1.17 bits per heavy atom. The van der Waals surface area contributed by atoms with Gasteiger partial charge in [-0.25, -0.2) is 0 Å². The minimum atomic E-state index is -0.162. The summed E-state index contributed by atoms with van der Waals surface area (Å²) in [5, 5.41) is 0. The molecule has 0 bridgehead atoms. The molecule has 0 saturated heterocycles. The van der Waals surface area contributed by atoms with Gasteiger partial charge in [0.2, 0.25) is 0 Å². The van der Waals surface area contributed by atoms with Crippen molar-refractivity contribution in [3.63, 3.8) is 0 Å². The largest absolute Gasteiger partial charge is 0.483 e. The van der Waals surface area contributed by atoms with Gasteiger partial charge in [-0.2, -0.15) is 0 Å². The average molecular weight is 282 g/mol. The average Bonchev–Trinajstić information content (AvgIpc) is 2.74. The first-order valence-electron chi connectivity index (χ1n) is 5.80. The fourth-order valence-electron chi connectivity index (χ4n) is 1.67. The molecule has 1 aromatic carbocycles. The third-order valence-electron chi connectivity index (χ3n) is 2.64. The van der Waals surface area contributed by atoms with E-state index >= 15 is 0 Å². The maximum atomic E-state index is 5.99. The highest BCUT2D eigenvalue weighted by Crippen LogP contribution is 2.31. The summed E-state index contributed by atoms with van der Waals surface area (Å²) in [6.45, 7) is 3.98. The summed E-state index contributed by atoms with van der Waals surface area (Å²) in [7, 11) is 0. The lowest BCUT2D eigenvalue weighted by Crippen LogP contribution is -2.28.